The van der Waals surface area contributed by atoms with Crippen LogP contribution in [0.3, 0.4) is 0 Å². The van der Waals surface area contributed by atoms with E-state index in [9.17, 15) is 0 Å². The Morgan fingerprint density at radius 2 is 2.00 bits per heavy atom. The van der Waals surface area contributed by atoms with Gasteiger partial charge in [-0.1, -0.05) is 12.1 Å². The topological polar surface area (TPSA) is 24.0 Å². The number of rotatable bonds is 3. The van der Waals surface area contributed by atoms with Gasteiger partial charge in [0.25, 0.3) is 0 Å². The second-order valence-electron chi connectivity index (χ2n) is 5.10. The van der Waals surface area contributed by atoms with E-state index < -0.39 is 0 Å². The van der Waals surface area contributed by atoms with Crippen molar-refractivity contribution in [1.29, 1.82) is 0 Å². The molecule has 3 nitrogen and oxygen atoms in total. The van der Waals surface area contributed by atoms with Crippen molar-refractivity contribution >= 4 is 23.3 Å². The molecule has 0 radical (unpaired) electrons. The van der Waals surface area contributed by atoms with Gasteiger partial charge in [0.15, 0.2) is 4.77 Å². The maximum atomic E-state index is 5.44. The summed E-state index contributed by atoms with van der Waals surface area (Å²) in [6.07, 6.45) is 2.69. The lowest BCUT2D eigenvalue weighted by molar-refractivity contribution is 0.323. The average molecular weight is 261 g/mol. The third-order valence-electron chi connectivity index (χ3n) is 3.86. The summed E-state index contributed by atoms with van der Waals surface area (Å²) in [5.41, 5.74) is 3.68. The second-order valence-corrected chi connectivity index (χ2v) is 5.49. The molecule has 0 atom stereocenters. The van der Waals surface area contributed by atoms with E-state index in [0.717, 1.165) is 17.9 Å². The van der Waals surface area contributed by atoms with Crippen LogP contribution in [0, 0.1) is 11.7 Å². The Morgan fingerprint density at radius 3 is 2.78 bits per heavy atom. The van der Waals surface area contributed by atoms with E-state index in [1.165, 1.54) is 42.5 Å². The summed E-state index contributed by atoms with van der Waals surface area (Å²) >= 11 is 5.44. The fourth-order valence-corrected chi connectivity index (χ4v) is 3.08. The van der Waals surface area contributed by atoms with Gasteiger partial charge in [-0.25, -0.2) is 0 Å². The summed E-state index contributed by atoms with van der Waals surface area (Å²) in [5.74, 6) is 0. The van der Waals surface area contributed by atoms with Gasteiger partial charge >= 0.3 is 0 Å². The van der Waals surface area contributed by atoms with Crippen molar-refractivity contribution in [3.63, 3.8) is 0 Å². The van der Waals surface area contributed by atoms with Gasteiger partial charge in [0.2, 0.25) is 0 Å². The zero-order chi connectivity index (χ0) is 12.5. The first-order chi connectivity index (χ1) is 8.75. The zero-order valence-corrected chi connectivity index (χ0v) is 11.6. The summed E-state index contributed by atoms with van der Waals surface area (Å²) in [7, 11) is 0. The van der Waals surface area contributed by atoms with Crippen LogP contribution in [0.25, 0.3) is 11.0 Å². The first-order valence-corrected chi connectivity index (χ1v) is 7.07. The van der Waals surface area contributed by atoms with Crippen molar-refractivity contribution in [2.24, 2.45) is 0 Å². The molecule has 0 aliphatic carbocycles. The van der Waals surface area contributed by atoms with Crippen molar-refractivity contribution < 1.29 is 0 Å². The highest BCUT2D eigenvalue weighted by Gasteiger charge is 2.12. The number of hydrogen-bond acceptors (Lipinski definition) is 2. The molecule has 0 unspecified atom stereocenters. The van der Waals surface area contributed by atoms with Crippen molar-refractivity contribution in [1.82, 2.24) is 14.5 Å². The second kappa shape index (κ2) is 4.86. The van der Waals surface area contributed by atoms with Crippen LogP contribution < -0.4 is 0 Å². The molecule has 3 rings (SSSR count). The van der Waals surface area contributed by atoms with Crippen molar-refractivity contribution in [2.45, 2.75) is 26.3 Å². The number of likely N-dealkylation sites (tertiary alicyclic amines) is 1. The van der Waals surface area contributed by atoms with E-state index in [4.69, 9.17) is 12.2 Å². The van der Waals surface area contributed by atoms with E-state index in [1.54, 1.807) is 0 Å². The Balaban J connectivity index is 1.89. The normalized spacial score (nSPS) is 16.7. The molecule has 4 heteroatoms. The highest BCUT2D eigenvalue weighted by molar-refractivity contribution is 7.71. The summed E-state index contributed by atoms with van der Waals surface area (Å²) in [6, 6.07) is 6.38. The molecule has 18 heavy (non-hydrogen) atoms. The maximum Gasteiger partial charge on any atom is 0.178 e. The van der Waals surface area contributed by atoms with Gasteiger partial charge in [-0.15, -0.1) is 0 Å². The third kappa shape index (κ3) is 2.10. The first kappa shape index (κ1) is 11.9. The van der Waals surface area contributed by atoms with Gasteiger partial charge in [-0.3, -0.25) is 0 Å². The number of aryl methyl sites for hydroxylation is 1. The van der Waals surface area contributed by atoms with Gasteiger partial charge in [0.1, 0.15) is 0 Å². The van der Waals surface area contributed by atoms with Gasteiger partial charge in [0, 0.05) is 13.1 Å². The van der Waals surface area contributed by atoms with Crippen LogP contribution in [0.2, 0.25) is 0 Å². The van der Waals surface area contributed by atoms with E-state index in [-0.39, 0.29) is 0 Å². The number of hydrogen-bond donors (Lipinski definition) is 1. The summed E-state index contributed by atoms with van der Waals surface area (Å²) in [5, 5.41) is 0. The molecule has 1 N–H and O–H groups in total. The minimum Gasteiger partial charge on any atom is -0.330 e. The van der Waals surface area contributed by atoms with Crippen LogP contribution in [-0.4, -0.2) is 34.1 Å². The van der Waals surface area contributed by atoms with Gasteiger partial charge in [-0.05, 0) is 56.7 Å². The average Bonchev–Trinajstić information content (AvgIpc) is 2.95. The molecule has 1 aromatic carbocycles. The predicted molar refractivity (Wildman–Crippen MR) is 77.5 cm³/mol. The van der Waals surface area contributed by atoms with Crippen LogP contribution >= 0.6 is 12.2 Å². The number of aromatic amines is 1. The smallest absolute Gasteiger partial charge is 0.178 e. The summed E-state index contributed by atoms with van der Waals surface area (Å²) in [6.45, 7) is 6.71. The van der Waals surface area contributed by atoms with Gasteiger partial charge < -0.3 is 14.5 Å². The maximum absolute atomic E-state index is 5.44. The molecule has 0 saturated carbocycles. The Bertz CT molecular complexity index is 605. The summed E-state index contributed by atoms with van der Waals surface area (Å²) in [4.78, 5) is 5.85. The van der Waals surface area contributed by atoms with E-state index >= 15 is 0 Å². The number of fused-ring (bicyclic) bond motifs is 1. The zero-order valence-electron chi connectivity index (χ0n) is 10.8. The van der Waals surface area contributed by atoms with E-state index in [2.05, 4.69) is 39.6 Å². The summed E-state index contributed by atoms with van der Waals surface area (Å²) < 4.78 is 3.08. The largest absolute Gasteiger partial charge is 0.330 e. The Labute approximate surface area is 112 Å². The minimum atomic E-state index is 0.846. The van der Waals surface area contributed by atoms with Crippen LogP contribution in [0.1, 0.15) is 18.4 Å². The predicted octanol–water partition coefficient (Wildman–Crippen LogP) is 3.10. The Kier molecular flexibility index (Phi) is 3.22. The molecule has 1 aliphatic heterocycles. The van der Waals surface area contributed by atoms with Gasteiger partial charge in [0.05, 0.1) is 11.0 Å². The lowest BCUT2D eigenvalue weighted by atomic mass is 10.2. The van der Waals surface area contributed by atoms with Crippen LogP contribution in [0.5, 0.6) is 0 Å². The fourth-order valence-electron chi connectivity index (χ4n) is 2.79. The number of aromatic nitrogens is 2. The molecular formula is C14H19N3S. The Hall–Kier alpha value is -1.13. The molecule has 1 fully saturated rings. The highest BCUT2D eigenvalue weighted by atomic mass is 32.1. The minimum absolute atomic E-state index is 0.846. The standard InChI is InChI=1S/C14H19N3S/c1-11-5-4-6-12-13(11)15-14(18)17(12)10-9-16-7-2-3-8-16/h4-6H,2-3,7-10H2,1H3,(H,15,18). The molecule has 1 aliphatic rings. The molecule has 0 spiro atoms. The molecule has 0 amide bonds. The molecule has 1 saturated heterocycles. The van der Waals surface area contributed by atoms with E-state index in [1.807, 2.05) is 0 Å². The van der Waals surface area contributed by atoms with Crippen molar-refractivity contribution in [3.8, 4) is 0 Å². The number of para-hydroxylation sites is 1. The lowest BCUT2D eigenvalue weighted by Gasteiger charge is -2.15. The SMILES string of the molecule is Cc1cccc2c1[nH]c(=S)n2CCN1CCCC1. The van der Waals surface area contributed by atoms with Crippen molar-refractivity contribution in [3.05, 3.63) is 28.5 Å². The highest BCUT2D eigenvalue weighted by Crippen LogP contribution is 2.18. The van der Waals surface area contributed by atoms with Crippen molar-refractivity contribution in [2.75, 3.05) is 19.6 Å². The number of imidazole rings is 1. The number of nitrogens with zero attached hydrogens (tertiary/aromatic N) is 2. The lowest BCUT2D eigenvalue weighted by Crippen LogP contribution is -2.24. The number of H-pyrrole nitrogens is 1. The monoisotopic (exact) mass is 261 g/mol. The van der Waals surface area contributed by atoms with E-state index in [0.29, 0.717) is 0 Å². The number of nitrogens with one attached hydrogen (secondary N) is 1. The van der Waals surface area contributed by atoms with Crippen LogP contribution in [-0.2, 0) is 6.54 Å². The molecule has 96 valence electrons. The third-order valence-corrected chi connectivity index (χ3v) is 4.18. The molecule has 2 heterocycles. The Morgan fingerprint density at radius 1 is 1.22 bits per heavy atom. The molecule has 2 aromatic rings. The fraction of sp³-hybridized carbons (Fsp3) is 0.500. The molecule has 0 bridgehead atoms. The molecule has 1 aromatic heterocycles. The first-order valence-electron chi connectivity index (χ1n) is 6.66. The van der Waals surface area contributed by atoms with Gasteiger partial charge in [-0.2, -0.15) is 0 Å². The van der Waals surface area contributed by atoms with Crippen LogP contribution in [0.15, 0.2) is 18.2 Å². The number of benzene rings is 1. The quantitative estimate of drug-likeness (QED) is 0.858. The molecular weight excluding hydrogens is 242 g/mol. The van der Waals surface area contributed by atoms with Crippen LogP contribution in [0.4, 0.5) is 0 Å².